The number of carbonyl (C=O) groups excluding carboxylic acids is 1. The van der Waals surface area contributed by atoms with Gasteiger partial charge in [0, 0.05) is 6.07 Å². The number of benzene rings is 1. The highest BCUT2D eigenvalue weighted by molar-refractivity contribution is 6.43. The molecule has 6 heteroatoms. The van der Waals surface area contributed by atoms with Gasteiger partial charge in [0.25, 0.3) is 0 Å². The van der Waals surface area contributed by atoms with Crippen LogP contribution in [-0.2, 0) is 4.79 Å². The Morgan fingerprint density at radius 3 is 2.36 bits per heavy atom. The molecule has 0 unspecified atom stereocenters. The fourth-order valence-corrected chi connectivity index (χ4v) is 1.34. The molecule has 0 aliphatic rings. The molecule has 0 aromatic heterocycles. The van der Waals surface area contributed by atoms with Crippen LogP contribution in [0.3, 0.4) is 0 Å². The Morgan fingerprint density at radius 2 is 1.79 bits per heavy atom. The van der Waals surface area contributed by atoms with Crippen LogP contribution in [-0.4, -0.2) is 12.6 Å². The first-order valence-electron chi connectivity index (χ1n) is 3.48. The van der Waals surface area contributed by atoms with Crippen LogP contribution in [0, 0.1) is 0 Å². The molecule has 1 aromatic carbocycles. The van der Waals surface area contributed by atoms with E-state index in [0.717, 1.165) is 0 Å². The Hall–Kier alpha value is -0.640. The number of hydrogen-bond donors (Lipinski definition) is 0. The van der Waals surface area contributed by atoms with Gasteiger partial charge in [-0.15, -0.1) is 0 Å². The van der Waals surface area contributed by atoms with E-state index in [-0.39, 0.29) is 20.8 Å². The average molecular weight is 254 g/mol. The van der Waals surface area contributed by atoms with Gasteiger partial charge in [-0.05, 0) is 6.07 Å². The van der Waals surface area contributed by atoms with Crippen molar-refractivity contribution in [3.8, 4) is 5.75 Å². The molecule has 0 heterocycles. The van der Waals surface area contributed by atoms with Crippen LogP contribution in [0.5, 0.6) is 5.75 Å². The number of halogens is 3. The van der Waals surface area contributed by atoms with Crippen molar-refractivity contribution >= 4 is 40.8 Å². The fourth-order valence-electron chi connectivity index (χ4n) is 0.752. The van der Waals surface area contributed by atoms with Crippen molar-refractivity contribution in [3.63, 3.8) is 0 Å². The number of hydrogen-bond acceptors (Lipinski definition) is 3. The van der Waals surface area contributed by atoms with Crippen molar-refractivity contribution in [2.24, 2.45) is 0 Å². The molecule has 0 aliphatic carbocycles. The minimum Gasteiger partial charge on any atom is -0.546 e. The standard InChI is InChI=1S/C8H5Cl3O3/c9-4-1-6(11)7(2-5(4)10)14-3-8(12)13/h1-2H,3H2,(H,12,13)/p-1. The predicted molar refractivity (Wildman–Crippen MR) is 52.0 cm³/mol. The molecule has 0 aliphatic heterocycles. The van der Waals surface area contributed by atoms with Gasteiger partial charge in [-0.3, -0.25) is 0 Å². The number of carboxylic acid groups (broad SMARTS) is 1. The smallest absolute Gasteiger partial charge is 0.140 e. The Morgan fingerprint density at radius 1 is 1.21 bits per heavy atom. The number of aliphatic carboxylic acids is 1. The lowest BCUT2D eigenvalue weighted by molar-refractivity contribution is -0.307. The van der Waals surface area contributed by atoms with Gasteiger partial charge < -0.3 is 14.6 Å². The third kappa shape index (κ3) is 2.94. The van der Waals surface area contributed by atoms with Crippen molar-refractivity contribution in [1.29, 1.82) is 0 Å². The molecule has 0 saturated heterocycles. The Labute approximate surface area is 95.1 Å². The first kappa shape index (κ1) is 11.4. The van der Waals surface area contributed by atoms with Gasteiger partial charge in [-0.25, -0.2) is 0 Å². The summed E-state index contributed by atoms with van der Waals surface area (Å²) in [6, 6.07) is 2.71. The summed E-state index contributed by atoms with van der Waals surface area (Å²) in [7, 11) is 0. The highest BCUT2D eigenvalue weighted by Gasteiger charge is 2.06. The molecule has 1 aromatic rings. The minimum atomic E-state index is -1.34. The second-order valence-corrected chi connectivity index (χ2v) is 3.58. The quantitative estimate of drug-likeness (QED) is 0.773. The van der Waals surface area contributed by atoms with E-state index in [1.807, 2.05) is 0 Å². The number of rotatable bonds is 3. The maximum Gasteiger partial charge on any atom is 0.140 e. The van der Waals surface area contributed by atoms with Crippen LogP contribution in [0.25, 0.3) is 0 Å². The molecule has 0 saturated carbocycles. The normalized spacial score (nSPS) is 9.93. The summed E-state index contributed by atoms with van der Waals surface area (Å²) in [6.07, 6.45) is 0. The molecule has 0 bridgehead atoms. The van der Waals surface area contributed by atoms with Crippen LogP contribution >= 0.6 is 34.8 Å². The average Bonchev–Trinajstić information content (AvgIpc) is 2.09. The second kappa shape index (κ2) is 4.73. The van der Waals surface area contributed by atoms with Gasteiger partial charge in [-0.1, -0.05) is 34.8 Å². The highest BCUT2D eigenvalue weighted by Crippen LogP contribution is 2.33. The molecular weight excluding hydrogens is 250 g/mol. The molecular formula is C8H4Cl3O3-. The molecule has 0 atom stereocenters. The van der Waals surface area contributed by atoms with E-state index in [1.54, 1.807) is 0 Å². The van der Waals surface area contributed by atoms with Crippen molar-refractivity contribution in [1.82, 2.24) is 0 Å². The van der Waals surface area contributed by atoms with E-state index in [9.17, 15) is 9.90 Å². The van der Waals surface area contributed by atoms with Crippen molar-refractivity contribution < 1.29 is 14.6 Å². The van der Waals surface area contributed by atoms with Crippen LogP contribution in [0.2, 0.25) is 15.1 Å². The van der Waals surface area contributed by atoms with Gasteiger partial charge in [0.1, 0.15) is 12.4 Å². The maximum atomic E-state index is 10.1. The first-order valence-corrected chi connectivity index (χ1v) is 4.61. The van der Waals surface area contributed by atoms with Crippen LogP contribution < -0.4 is 9.84 Å². The zero-order chi connectivity index (χ0) is 10.7. The van der Waals surface area contributed by atoms with E-state index in [1.165, 1.54) is 12.1 Å². The van der Waals surface area contributed by atoms with Gasteiger partial charge >= 0.3 is 0 Å². The van der Waals surface area contributed by atoms with Crippen molar-refractivity contribution in [2.45, 2.75) is 0 Å². The van der Waals surface area contributed by atoms with Gasteiger partial charge in [-0.2, -0.15) is 0 Å². The molecule has 0 radical (unpaired) electrons. The predicted octanol–water partition coefficient (Wildman–Crippen LogP) is 1.78. The van der Waals surface area contributed by atoms with Crippen LogP contribution in [0.1, 0.15) is 0 Å². The number of carbonyl (C=O) groups is 1. The largest absolute Gasteiger partial charge is 0.546 e. The lowest BCUT2D eigenvalue weighted by Crippen LogP contribution is -2.28. The minimum absolute atomic E-state index is 0.158. The summed E-state index contributed by atoms with van der Waals surface area (Å²) < 4.78 is 4.80. The topological polar surface area (TPSA) is 49.4 Å². The third-order valence-corrected chi connectivity index (χ3v) is 2.34. The molecule has 0 N–H and O–H groups in total. The molecule has 1 rings (SSSR count). The van der Waals surface area contributed by atoms with Gasteiger partial charge in [0.2, 0.25) is 0 Å². The van der Waals surface area contributed by atoms with Crippen LogP contribution in [0.4, 0.5) is 0 Å². The molecule has 76 valence electrons. The zero-order valence-corrected chi connectivity index (χ0v) is 8.99. The van der Waals surface area contributed by atoms with E-state index in [2.05, 4.69) is 0 Å². The Kier molecular flexibility index (Phi) is 3.86. The molecule has 0 amide bonds. The first-order chi connectivity index (χ1) is 6.50. The second-order valence-electron chi connectivity index (χ2n) is 2.36. The summed E-state index contributed by atoms with van der Waals surface area (Å²) in [5.41, 5.74) is 0. The lowest BCUT2D eigenvalue weighted by atomic mass is 10.3. The summed E-state index contributed by atoms with van der Waals surface area (Å²) in [6.45, 7) is -0.586. The SMILES string of the molecule is O=C([O-])COc1cc(Cl)c(Cl)cc1Cl. The van der Waals surface area contributed by atoms with E-state index < -0.39 is 12.6 Å². The van der Waals surface area contributed by atoms with E-state index in [0.29, 0.717) is 0 Å². The third-order valence-electron chi connectivity index (χ3n) is 1.32. The lowest BCUT2D eigenvalue weighted by Gasteiger charge is -2.09. The van der Waals surface area contributed by atoms with Gasteiger partial charge in [0.05, 0.1) is 21.0 Å². The summed E-state index contributed by atoms with van der Waals surface area (Å²) >= 11 is 17.0. The van der Waals surface area contributed by atoms with Gasteiger partial charge in [0.15, 0.2) is 0 Å². The molecule has 0 spiro atoms. The zero-order valence-electron chi connectivity index (χ0n) is 6.72. The highest BCUT2D eigenvalue weighted by atomic mass is 35.5. The van der Waals surface area contributed by atoms with E-state index >= 15 is 0 Å². The van der Waals surface area contributed by atoms with Crippen molar-refractivity contribution in [3.05, 3.63) is 27.2 Å². The monoisotopic (exact) mass is 253 g/mol. The maximum absolute atomic E-state index is 10.1. The van der Waals surface area contributed by atoms with Crippen molar-refractivity contribution in [2.75, 3.05) is 6.61 Å². The summed E-state index contributed by atoms with van der Waals surface area (Å²) in [4.78, 5) is 10.1. The Bertz CT molecular complexity index is 365. The number of carboxylic acids is 1. The molecule has 3 nitrogen and oxygen atoms in total. The fraction of sp³-hybridized carbons (Fsp3) is 0.125. The number of ether oxygens (including phenoxy) is 1. The Balaban J connectivity index is 2.87. The summed E-state index contributed by atoms with van der Waals surface area (Å²) in [5, 5.41) is 10.8. The summed E-state index contributed by atoms with van der Waals surface area (Å²) in [5.74, 6) is -1.18. The van der Waals surface area contributed by atoms with E-state index in [4.69, 9.17) is 39.5 Å². The molecule has 14 heavy (non-hydrogen) atoms. The molecule has 0 fully saturated rings. The van der Waals surface area contributed by atoms with Crippen LogP contribution in [0.15, 0.2) is 12.1 Å².